The number of aromatic amines is 1. The first kappa shape index (κ1) is 19.1. The molecule has 2 rings (SSSR count). The Morgan fingerprint density at radius 1 is 1.50 bits per heavy atom. The van der Waals surface area contributed by atoms with Gasteiger partial charge in [0, 0.05) is 24.9 Å². The maximum absolute atomic E-state index is 12.1. The fourth-order valence-corrected chi connectivity index (χ4v) is 2.26. The first-order valence-corrected chi connectivity index (χ1v) is 5.92. The van der Waals surface area contributed by atoms with Gasteiger partial charge in [0.2, 0.25) is 11.8 Å². The fraction of sp³-hybridized carbons (Fsp3) is 0.545. The molecule has 0 bridgehead atoms. The van der Waals surface area contributed by atoms with E-state index in [1.807, 2.05) is 0 Å². The summed E-state index contributed by atoms with van der Waals surface area (Å²) in [7, 11) is 0. The number of carbonyl (C=O) groups excluding carboxylic acids is 2. The number of nitrogens with one attached hydrogen (secondary N) is 1. The van der Waals surface area contributed by atoms with E-state index in [0.717, 1.165) is 12.1 Å². The first-order valence-electron chi connectivity index (χ1n) is 5.92. The van der Waals surface area contributed by atoms with Crippen LogP contribution >= 0.6 is 34.0 Å². The van der Waals surface area contributed by atoms with Crippen molar-refractivity contribution in [3.05, 3.63) is 18.2 Å². The minimum atomic E-state index is -0.676. The molecule has 0 aliphatic carbocycles. The summed E-state index contributed by atoms with van der Waals surface area (Å²) >= 11 is 0. The molecular weight excluding hydrogens is 394 g/mol. The molecule has 5 N–H and O–H groups in total. The Labute approximate surface area is 138 Å². The van der Waals surface area contributed by atoms with Crippen molar-refractivity contribution in [1.29, 1.82) is 0 Å². The summed E-state index contributed by atoms with van der Waals surface area (Å²) in [5.41, 5.74) is 11.9. The summed E-state index contributed by atoms with van der Waals surface area (Å²) in [4.78, 5) is 31.6. The molecule has 0 radical (unpaired) electrons. The number of H-pyrrole nitrogens is 1. The van der Waals surface area contributed by atoms with Crippen molar-refractivity contribution in [2.75, 3.05) is 6.54 Å². The third kappa shape index (κ3) is 4.29. The predicted octanol–water partition coefficient (Wildman–Crippen LogP) is -0.0884. The second kappa shape index (κ2) is 8.38. The number of nitrogens with two attached hydrogens (primary N) is 2. The lowest BCUT2D eigenvalue weighted by atomic mass is 10.1. The Bertz CT molecular complexity index is 440. The van der Waals surface area contributed by atoms with Gasteiger partial charge in [-0.25, -0.2) is 4.98 Å². The molecule has 20 heavy (non-hydrogen) atoms. The molecular formula is C11H19Br2N5O2. The van der Waals surface area contributed by atoms with Gasteiger partial charge < -0.3 is 21.4 Å². The number of likely N-dealkylation sites (tertiary alicyclic amines) is 1. The van der Waals surface area contributed by atoms with Gasteiger partial charge in [-0.3, -0.25) is 9.59 Å². The van der Waals surface area contributed by atoms with Gasteiger partial charge in [-0.2, -0.15) is 0 Å². The number of hydrogen-bond donors (Lipinski definition) is 3. The number of carbonyl (C=O) groups is 2. The number of halogens is 2. The Hall–Kier alpha value is -0.930. The van der Waals surface area contributed by atoms with E-state index in [1.54, 1.807) is 6.20 Å². The summed E-state index contributed by atoms with van der Waals surface area (Å²) in [5, 5.41) is 0. The van der Waals surface area contributed by atoms with Crippen LogP contribution in [0.25, 0.3) is 0 Å². The number of rotatable bonds is 4. The highest BCUT2D eigenvalue weighted by molar-refractivity contribution is 8.93. The van der Waals surface area contributed by atoms with Gasteiger partial charge in [0.15, 0.2) is 0 Å². The molecule has 0 aromatic carbocycles. The standard InChI is InChI=1S/C11H17N5O2.2BrH/c12-8(4-7-5-14-6-15-7)11(18)16-3-1-2-9(16)10(13)17;;/h5-6,8-9H,1-4,12H2,(H2,13,17)(H,14,15);2*1H/t8-,9-;;/m0../s1. The Kier molecular flexibility index (Phi) is 7.99. The second-order valence-electron chi connectivity index (χ2n) is 4.48. The zero-order chi connectivity index (χ0) is 13.1. The van der Waals surface area contributed by atoms with Gasteiger partial charge in [-0.1, -0.05) is 0 Å². The lowest BCUT2D eigenvalue weighted by Crippen LogP contribution is -2.50. The van der Waals surface area contributed by atoms with E-state index >= 15 is 0 Å². The lowest BCUT2D eigenvalue weighted by molar-refractivity contribution is -0.138. The van der Waals surface area contributed by atoms with Crippen LogP contribution in [0.1, 0.15) is 18.5 Å². The molecule has 0 unspecified atom stereocenters. The molecule has 1 aliphatic heterocycles. The third-order valence-corrected chi connectivity index (χ3v) is 3.18. The van der Waals surface area contributed by atoms with Gasteiger partial charge in [0.25, 0.3) is 0 Å². The summed E-state index contributed by atoms with van der Waals surface area (Å²) in [6.45, 7) is 0.545. The summed E-state index contributed by atoms with van der Waals surface area (Å²) in [6.07, 6.45) is 4.95. The van der Waals surface area contributed by atoms with Crippen LogP contribution in [0.4, 0.5) is 0 Å². The maximum Gasteiger partial charge on any atom is 0.240 e. The van der Waals surface area contributed by atoms with E-state index in [4.69, 9.17) is 11.5 Å². The van der Waals surface area contributed by atoms with Crippen LogP contribution in [0.2, 0.25) is 0 Å². The molecule has 1 aromatic rings. The largest absolute Gasteiger partial charge is 0.368 e. The Morgan fingerprint density at radius 2 is 2.20 bits per heavy atom. The molecule has 2 atom stereocenters. The third-order valence-electron chi connectivity index (χ3n) is 3.18. The zero-order valence-electron chi connectivity index (χ0n) is 10.8. The minimum Gasteiger partial charge on any atom is -0.368 e. The van der Waals surface area contributed by atoms with Gasteiger partial charge in [-0.15, -0.1) is 34.0 Å². The minimum absolute atomic E-state index is 0. The van der Waals surface area contributed by atoms with Crippen molar-refractivity contribution in [2.45, 2.75) is 31.3 Å². The normalized spacial score (nSPS) is 18.9. The number of hydrogen-bond acceptors (Lipinski definition) is 4. The van der Waals surface area contributed by atoms with Gasteiger partial charge in [-0.05, 0) is 12.8 Å². The quantitative estimate of drug-likeness (QED) is 0.640. The van der Waals surface area contributed by atoms with Crippen LogP contribution in [0, 0.1) is 0 Å². The van der Waals surface area contributed by atoms with Crippen LogP contribution in [0.3, 0.4) is 0 Å². The van der Waals surface area contributed by atoms with E-state index in [0.29, 0.717) is 19.4 Å². The van der Waals surface area contributed by atoms with Crippen molar-refractivity contribution in [1.82, 2.24) is 14.9 Å². The molecule has 1 saturated heterocycles. The Balaban J connectivity index is 0.00000180. The van der Waals surface area contributed by atoms with Crippen LogP contribution < -0.4 is 11.5 Å². The number of nitrogens with zero attached hydrogens (tertiary/aromatic N) is 2. The van der Waals surface area contributed by atoms with Crippen LogP contribution in [-0.4, -0.2) is 45.3 Å². The smallest absolute Gasteiger partial charge is 0.240 e. The molecule has 7 nitrogen and oxygen atoms in total. The topological polar surface area (TPSA) is 118 Å². The average Bonchev–Trinajstić information content (AvgIpc) is 2.97. The average molecular weight is 413 g/mol. The zero-order valence-corrected chi connectivity index (χ0v) is 14.2. The maximum atomic E-state index is 12.1. The number of imidazole rings is 1. The van der Waals surface area contributed by atoms with Crippen molar-refractivity contribution in [3.8, 4) is 0 Å². The van der Waals surface area contributed by atoms with Crippen molar-refractivity contribution in [2.24, 2.45) is 11.5 Å². The molecule has 114 valence electrons. The Morgan fingerprint density at radius 3 is 2.75 bits per heavy atom. The van der Waals surface area contributed by atoms with E-state index in [2.05, 4.69) is 9.97 Å². The number of aromatic nitrogens is 2. The highest BCUT2D eigenvalue weighted by Crippen LogP contribution is 2.18. The van der Waals surface area contributed by atoms with Crippen molar-refractivity contribution >= 4 is 45.8 Å². The van der Waals surface area contributed by atoms with E-state index in [1.165, 1.54) is 11.2 Å². The van der Waals surface area contributed by atoms with E-state index < -0.39 is 18.0 Å². The van der Waals surface area contributed by atoms with Crippen LogP contribution in [0.5, 0.6) is 0 Å². The molecule has 9 heteroatoms. The second-order valence-corrected chi connectivity index (χ2v) is 4.48. The molecule has 0 spiro atoms. The highest BCUT2D eigenvalue weighted by atomic mass is 79.9. The number of primary amides is 1. The van der Waals surface area contributed by atoms with Gasteiger partial charge in [0.1, 0.15) is 6.04 Å². The van der Waals surface area contributed by atoms with Crippen LogP contribution in [0.15, 0.2) is 12.5 Å². The summed E-state index contributed by atoms with van der Waals surface area (Å²) in [6, 6.07) is -1.18. The summed E-state index contributed by atoms with van der Waals surface area (Å²) in [5.74, 6) is -0.694. The molecule has 2 amide bonds. The first-order chi connectivity index (χ1) is 8.59. The van der Waals surface area contributed by atoms with Crippen molar-refractivity contribution < 1.29 is 9.59 Å². The van der Waals surface area contributed by atoms with E-state index in [-0.39, 0.29) is 39.9 Å². The van der Waals surface area contributed by atoms with Gasteiger partial charge in [0.05, 0.1) is 12.4 Å². The van der Waals surface area contributed by atoms with E-state index in [9.17, 15) is 9.59 Å². The molecule has 0 saturated carbocycles. The monoisotopic (exact) mass is 411 g/mol. The summed E-state index contributed by atoms with van der Waals surface area (Å²) < 4.78 is 0. The van der Waals surface area contributed by atoms with Gasteiger partial charge >= 0.3 is 0 Å². The SMILES string of the molecule is Br.Br.NC(=O)[C@@H]1CCCN1C(=O)[C@@H](N)Cc1cnc[nH]1. The van der Waals surface area contributed by atoms with Crippen molar-refractivity contribution in [3.63, 3.8) is 0 Å². The molecule has 2 heterocycles. The fourth-order valence-electron chi connectivity index (χ4n) is 2.26. The molecule has 1 aliphatic rings. The predicted molar refractivity (Wildman–Crippen MR) is 84.8 cm³/mol. The lowest BCUT2D eigenvalue weighted by Gasteiger charge is -2.25. The highest BCUT2D eigenvalue weighted by Gasteiger charge is 2.34. The number of amides is 2. The molecule has 1 aromatic heterocycles. The molecule has 1 fully saturated rings. The van der Waals surface area contributed by atoms with Crippen LogP contribution in [-0.2, 0) is 16.0 Å².